The van der Waals surface area contributed by atoms with Crippen LogP contribution in [-0.2, 0) is 4.79 Å². The van der Waals surface area contributed by atoms with Crippen LogP contribution in [0.15, 0.2) is 0 Å². The maximum atomic E-state index is 11.0. The second kappa shape index (κ2) is 7.69. The summed E-state index contributed by atoms with van der Waals surface area (Å²) >= 11 is 11.0. The number of nitrogens with one attached hydrogen (secondary N) is 1. The number of rotatable bonds is 6. The normalized spacial score (nSPS) is 12.6. The molecule has 1 atom stereocenters. The van der Waals surface area contributed by atoms with Gasteiger partial charge < -0.3 is 5.32 Å². The molecule has 72 valence electrons. The molecule has 0 bridgehead atoms. The molecular formula is C8H15Cl2NO. The zero-order chi connectivity index (χ0) is 9.40. The molecule has 0 heterocycles. The number of alkyl halides is 2. The summed E-state index contributed by atoms with van der Waals surface area (Å²) in [6, 6.07) is 0. The van der Waals surface area contributed by atoms with E-state index in [2.05, 4.69) is 12.2 Å². The predicted molar refractivity (Wildman–Crippen MR) is 52.9 cm³/mol. The van der Waals surface area contributed by atoms with Crippen molar-refractivity contribution < 1.29 is 4.79 Å². The lowest BCUT2D eigenvalue weighted by molar-refractivity contribution is -0.120. The average molecular weight is 212 g/mol. The molecule has 1 unspecified atom stereocenters. The van der Waals surface area contributed by atoms with Crippen LogP contribution in [0.3, 0.4) is 0 Å². The van der Waals surface area contributed by atoms with Gasteiger partial charge in [0.1, 0.15) is 5.38 Å². The van der Waals surface area contributed by atoms with Crippen LogP contribution in [0.2, 0.25) is 0 Å². The highest BCUT2D eigenvalue weighted by molar-refractivity contribution is 6.36. The highest BCUT2D eigenvalue weighted by Gasteiger charge is 2.11. The van der Waals surface area contributed by atoms with E-state index < -0.39 is 5.38 Å². The molecular weight excluding hydrogens is 197 g/mol. The van der Waals surface area contributed by atoms with E-state index in [-0.39, 0.29) is 11.8 Å². The lowest BCUT2D eigenvalue weighted by atomic mass is 10.2. The maximum absolute atomic E-state index is 11.0. The van der Waals surface area contributed by atoms with Crippen LogP contribution in [0.1, 0.15) is 26.2 Å². The van der Waals surface area contributed by atoms with Gasteiger partial charge in [-0.15, -0.1) is 23.2 Å². The molecule has 4 heteroatoms. The van der Waals surface area contributed by atoms with Crippen molar-refractivity contribution in [2.45, 2.75) is 31.6 Å². The number of amides is 1. The van der Waals surface area contributed by atoms with E-state index in [1.54, 1.807) is 0 Å². The third kappa shape index (κ3) is 5.67. The Morgan fingerprint density at radius 1 is 1.50 bits per heavy atom. The molecule has 0 aliphatic carbocycles. The molecule has 12 heavy (non-hydrogen) atoms. The van der Waals surface area contributed by atoms with Gasteiger partial charge >= 0.3 is 0 Å². The molecule has 1 amide bonds. The molecule has 0 saturated heterocycles. The molecule has 0 rings (SSSR count). The summed E-state index contributed by atoms with van der Waals surface area (Å²) in [4.78, 5) is 11.0. The van der Waals surface area contributed by atoms with Crippen LogP contribution in [0.4, 0.5) is 0 Å². The lowest BCUT2D eigenvalue weighted by Gasteiger charge is -2.06. The van der Waals surface area contributed by atoms with Crippen molar-refractivity contribution in [1.29, 1.82) is 0 Å². The Morgan fingerprint density at radius 3 is 2.67 bits per heavy atom. The molecule has 0 radical (unpaired) electrons. The first kappa shape index (κ1) is 12.0. The molecule has 0 aliphatic rings. The van der Waals surface area contributed by atoms with E-state index in [9.17, 15) is 4.79 Å². The fraction of sp³-hybridized carbons (Fsp3) is 0.875. The van der Waals surface area contributed by atoms with E-state index >= 15 is 0 Å². The van der Waals surface area contributed by atoms with Gasteiger partial charge in [0.25, 0.3) is 0 Å². The summed E-state index contributed by atoms with van der Waals surface area (Å²) in [7, 11) is 0. The van der Waals surface area contributed by atoms with Crippen LogP contribution < -0.4 is 5.32 Å². The molecule has 0 aromatic heterocycles. The van der Waals surface area contributed by atoms with Crippen molar-refractivity contribution in [3.8, 4) is 0 Å². The zero-order valence-corrected chi connectivity index (χ0v) is 8.79. The molecule has 0 aromatic rings. The van der Waals surface area contributed by atoms with E-state index in [1.807, 2.05) is 0 Å². The largest absolute Gasteiger partial charge is 0.355 e. The Bertz CT molecular complexity index is 130. The molecule has 0 spiro atoms. The van der Waals surface area contributed by atoms with E-state index in [0.29, 0.717) is 6.54 Å². The number of hydrogen-bond acceptors (Lipinski definition) is 1. The Hall–Kier alpha value is 0.0500. The Balaban J connectivity index is 3.31. The topological polar surface area (TPSA) is 29.1 Å². The van der Waals surface area contributed by atoms with Crippen LogP contribution in [0, 0.1) is 0 Å². The Labute approximate surface area is 83.6 Å². The molecule has 0 fully saturated rings. The summed E-state index contributed by atoms with van der Waals surface area (Å²) in [5.41, 5.74) is 0. The van der Waals surface area contributed by atoms with Crippen LogP contribution in [0.5, 0.6) is 0 Å². The van der Waals surface area contributed by atoms with E-state index in [1.165, 1.54) is 0 Å². The quantitative estimate of drug-likeness (QED) is 0.530. The van der Waals surface area contributed by atoms with Crippen LogP contribution >= 0.6 is 23.2 Å². The van der Waals surface area contributed by atoms with Gasteiger partial charge in [0, 0.05) is 12.4 Å². The van der Waals surface area contributed by atoms with Gasteiger partial charge in [-0.2, -0.15) is 0 Å². The highest BCUT2D eigenvalue weighted by Crippen LogP contribution is 1.98. The standard InChI is InChI=1S/C8H15Cl2NO/c1-2-3-4-5-11-8(12)7(10)6-9/h7H,2-6H2,1H3,(H,11,12). The number of hydrogen-bond donors (Lipinski definition) is 1. The highest BCUT2D eigenvalue weighted by atomic mass is 35.5. The molecule has 2 nitrogen and oxygen atoms in total. The Kier molecular flexibility index (Phi) is 7.72. The number of carbonyl (C=O) groups excluding carboxylic acids is 1. The summed E-state index contributed by atoms with van der Waals surface area (Å²) in [5, 5.41) is 2.12. The lowest BCUT2D eigenvalue weighted by Crippen LogP contribution is -2.32. The van der Waals surface area contributed by atoms with Gasteiger partial charge in [0.2, 0.25) is 5.91 Å². The summed E-state index contributed by atoms with van der Waals surface area (Å²) < 4.78 is 0. The third-order valence-electron chi connectivity index (χ3n) is 1.50. The minimum absolute atomic E-state index is 0.164. The van der Waals surface area contributed by atoms with Gasteiger partial charge in [0.05, 0.1) is 0 Å². The van der Waals surface area contributed by atoms with Crippen molar-refractivity contribution in [3.05, 3.63) is 0 Å². The summed E-state index contributed by atoms with van der Waals surface area (Å²) in [5.74, 6) is 0.00372. The minimum Gasteiger partial charge on any atom is -0.355 e. The van der Waals surface area contributed by atoms with Gasteiger partial charge in [-0.3, -0.25) is 4.79 Å². The first-order valence-corrected chi connectivity index (χ1v) is 5.17. The van der Waals surface area contributed by atoms with Crippen molar-refractivity contribution in [2.75, 3.05) is 12.4 Å². The fourth-order valence-electron chi connectivity index (χ4n) is 0.767. The van der Waals surface area contributed by atoms with Crippen molar-refractivity contribution >= 4 is 29.1 Å². The fourth-order valence-corrected chi connectivity index (χ4v) is 0.985. The summed E-state index contributed by atoms with van der Waals surface area (Å²) in [6.45, 7) is 2.82. The van der Waals surface area contributed by atoms with E-state index in [0.717, 1.165) is 19.3 Å². The van der Waals surface area contributed by atoms with Crippen molar-refractivity contribution in [3.63, 3.8) is 0 Å². The first-order valence-electron chi connectivity index (χ1n) is 4.20. The summed E-state index contributed by atoms with van der Waals surface area (Å²) in [6.07, 6.45) is 3.29. The van der Waals surface area contributed by atoms with Gasteiger partial charge in [0.15, 0.2) is 0 Å². The molecule has 1 N–H and O–H groups in total. The van der Waals surface area contributed by atoms with E-state index in [4.69, 9.17) is 23.2 Å². The maximum Gasteiger partial charge on any atom is 0.239 e. The number of unbranched alkanes of at least 4 members (excludes halogenated alkanes) is 2. The minimum atomic E-state index is -0.590. The number of carbonyl (C=O) groups is 1. The SMILES string of the molecule is CCCCCNC(=O)C(Cl)CCl. The van der Waals surface area contributed by atoms with Crippen LogP contribution in [0.25, 0.3) is 0 Å². The second-order valence-corrected chi connectivity index (χ2v) is 3.46. The Morgan fingerprint density at radius 2 is 2.17 bits per heavy atom. The first-order chi connectivity index (χ1) is 5.72. The van der Waals surface area contributed by atoms with Crippen molar-refractivity contribution in [2.24, 2.45) is 0 Å². The molecule has 0 aliphatic heterocycles. The average Bonchev–Trinajstić information content (AvgIpc) is 2.10. The molecule has 0 saturated carbocycles. The zero-order valence-electron chi connectivity index (χ0n) is 7.28. The number of halogens is 2. The smallest absolute Gasteiger partial charge is 0.239 e. The predicted octanol–water partition coefficient (Wildman–Crippen LogP) is 2.14. The third-order valence-corrected chi connectivity index (χ3v) is 2.32. The second-order valence-electron chi connectivity index (χ2n) is 2.62. The van der Waals surface area contributed by atoms with Gasteiger partial charge in [-0.05, 0) is 6.42 Å². The van der Waals surface area contributed by atoms with Gasteiger partial charge in [-0.25, -0.2) is 0 Å². The molecule has 0 aromatic carbocycles. The van der Waals surface area contributed by atoms with Crippen molar-refractivity contribution in [1.82, 2.24) is 5.32 Å². The van der Waals surface area contributed by atoms with Crippen LogP contribution in [-0.4, -0.2) is 23.7 Å². The van der Waals surface area contributed by atoms with Gasteiger partial charge in [-0.1, -0.05) is 19.8 Å². The monoisotopic (exact) mass is 211 g/mol.